The zero-order valence-corrected chi connectivity index (χ0v) is 12.3. The number of aliphatic hydroxyl groups is 1. The molecule has 1 aliphatic rings. The molecule has 2 atom stereocenters. The van der Waals surface area contributed by atoms with Gasteiger partial charge in [0.2, 0.25) is 0 Å². The van der Waals surface area contributed by atoms with E-state index >= 15 is 0 Å². The summed E-state index contributed by atoms with van der Waals surface area (Å²) in [5.74, 6) is 1.28. The van der Waals surface area contributed by atoms with E-state index in [1.165, 1.54) is 5.56 Å². The second-order valence-electron chi connectivity index (χ2n) is 5.17. The van der Waals surface area contributed by atoms with Gasteiger partial charge in [-0.2, -0.15) is 11.8 Å². The Hall–Kier alpha value is -1.00. The molecular formula is C15H21NO2S. The van der Waals surface area contributed by atoms with Crippen LogP contribution in [-0.2, 0) is 5.75 Å². The minimum Gasteiger partial charge on any atom is -0.393 e. The van der Waals surface area contributed by atoms with Crippen LogP contribution in [0.3, 0.4) is 0 Å². The monoisotopic (exact) mass is 279 g/mol. The van der Waals surface area contributed by atoms with Gasteiger partial charge in [0, 0.05) is 30.3 Å². The first-order valence-corrected chi connectivity index (χ1v) is 8.06. The summed E-state index contributed by atoms with van der Waals surface area (Å²) in [4.78, 5) is 14.2. The molecule has 19 heavy (non-hydrogen) atoms. The Bertz CT molecular complexity index is 430. The van der Waals surface area contributed by atoms with Gasteiger partial charge in [0.15, 0.2) is 0 Å². The van der Waals surface area contributed by atoms with Gasteiger partial charge in [0.1, 0.15) is 0 Å². The predicted molar refractivity (Wildman–Crippen MR) is 79.4 cm³/mol. The average molecular weight is 279 g/mol. The Morgan fingerprint density at radius 3 is 2.68 bits per heavy atom. The fraction of sp³-hybridized carbons (Fsp3) is 0.533. The van der Waals surface area contributed by atoms with Crippen molar-refractivity contribution in [1.82, 2.24) is 4.90 Å². The lowest BCUT2D eigenvalue weighted by molar-refractivity contribution is 0.0762. The molecule has 1 heterocycles. The number of thioether (sulfide) groups is 1. The highest BCUT2D eigenvalue weighted by molar-refractivity contribution is 7.97. The molecule has 1 aromatic rings. The minimum absolute atomic E-state index is 0.0823. The van der Waals surface area contributed by atoms with Crippen molar-refractivity contribution in [2.75, 3.05) is 19.3 Å². The summed E-state index contributed by atoms with van der Waals surface area (Å²) in [5, 5.41) is 9.58. The van der Waals surface area contributed by atoms with Crippen LogP contribution >= 0.6 is 11.8 Å². The van der Waals surface area contributed by atoms with Crippen molar-refractivity contribution in [2.24, 2.45) is 5.92 Å². The summed E-state index contributed by atoms with van der Waals surface area (Å²) >= 11 is 1.77. The normalized spacial score (nSPS) is 20.6. The number of aliphatic hydroxyl groups excluding tert-OH is 1. The van der Waals surface area contributed by atoms with Gasteiger partial charge in [0.25, 0.3) is 5.91 Å². The average Bonchev–Trinajstić information content (AvgIpc) is 2.89. The fourth-order valence-corrected chi connectivity index (χ4v) is 2.98. The van der Waals surface area contributed by atoms with Crippen molar-refractivity contribution in [3.63, 3.8) is 0 Å². The molecule has 2 rings (SSSR count). The third kappa shape index (κ3) is 3.51. The maximum Gasteiger partial charge on any atom is 0.253 e. The van der Waals surface area contributed by atoms with E-state index in [1.54, 1.807) is 18.7 Å². The van der Waals surface area contributed by atoms with Gasteiger partial charge in [-0.15, -0.1) is 0 Å². The molecule has 1 aliphatic heterocycles. The number of hydrogen-bond acceptors (Lipinski definition) is 3. The number of carbonyl (C=O) groups is 1. The molecule has 104 valence electrons. The van der Waals surface area contributed by atoms with Crippen molar-refractivity contribution in [2.45, 2.75) is 25.2 Å². The first-order valence-electron chi connectivity index (χ1n) is 6.67. The highest BCUT2D eigenvalue weighted by atomic mass is 32.2. The first kappa shape index (κ1) is 14.4. The number of amides is 1. The summed E-state index contributed by atoms with van der Waals surface area (Å²) in [6.45, 7) is 3.22. The molecule has 0 aliphatic carbocycles. The van der Waals surface area contributed by atoms with Crippen molar-refractivity contribution in [3.8, 4) is 0 Å². The maximum absolute atomic E-state index is 12.3. The Balaban J connectivity index is 2.00. The number of rotatable bonds is 4. The summed E-state index contributed by atoms with van der Waals surface area (Å²) in [7, 11) is 0. The quantitative estimate of drug-likeness (QED) is 0.920. The van der Waals surface area contributed by atoms with E-state index in [0.29, 0.717) is 6.54 Å². The highest BCUT2D eigenvalue weighted by Crippen LogP contribution is 2.22. The lowest BCUT2D eigenvalue weighted by Crippen LogP contribution is -2.30. The Kier molecular flexibility index (Phi) is 4.88. The third-order valence-corrected chi connectivity index (χ3v) is 4.33. The van der Waals surface area contributed by atoms with Crippen molar-refractivity contribution in [1.29, 1.82) is 0 Å². The van der Waals surface area contributed by atoms with Crippen LogP contribution in [0.2, 0.25) is 0 Å². The molecule has 3 nitrogen and oxygen atoms in total. The second-order valence-corrected chi connectivity index (χ2v) is 6.04. The lowest BCUT2D eigenvalue weighted by Gasteiger charge is -2.18. The van der Waals surface area contributed by atoms with E-state index in [1.807, 2.05) is 29.2 Å². The smallest absolute Gasteiger partial charge is 0.253 e. The van der Waals surface area contributed by atoms with Crippen molar-refractivity contribution in [3.05, 3.63) is 35.4 Å². The molecule has 2 unspecified atom stereocenters. The lowest BCUT2D eigenvalue weighted by atomic mass is 10.0. The molecule has 0 saturated carbocycles. The molecular weight excluding hydrogens is 258 g/mol. The van der Waals surface area contributed by atoms with E-state index in [-0.39, 0.29) is 17.9 Å². The number of hydrogen-bond donors (Lipinski definition) is 1. The minimum atomic E-state index is -0.332. The Labute approximate surface area is 119 Å². The maximum atomic E-state index is 12.3. The SMILES string of the molecule is CSCc1ccc(C(=O)N2CCC(C(C)O)C2)cc1. The number of likely N-dealkylation sites (tertiary alicyclic amines) is 1. The van der Waals surface area contributed by atoms with E-state index in [4.69, 9.17) is 0 Å². The Morgan fingerprint density at radius 2 is 2.16 bits per heavy atom. The number of carbonyl (C=O) groups excluding carboxylic acids is 1. The van der Waals surface area contributed by atoms with E-state index in [9.17, 15) is 9.90 Å². The molecule has 0 radical (unpaired) electrons. The molecule has 1 fully saturated rings. The molecule has 4 heteroatoms. The first-order chi connectivity index (χ1) is 9.11. The second kappa shape index (κ2) is 6.44. The topological polar surface area (TPSA) is 40.5 Å². The van der Waals surface area contributed by atoms with Gasteiger partial charge >= 0.3 is 0 Å². The standard InChI is InChI=1S/C15H21NO2S/c1-11(17)14-7-8-16(9-14)15(18)13-5-3-12(4-6-13)10-19-2/h3-6,11,14,17H,7-10H2,1-2H3. The van der Waals surface area contributed by atoms with Gasteiger partial charge in [-0.25, -0.2) is 0 Å². The van der Waals surface area contributed by atoms with E-state index in [0.717, 1.165) is 24.3 Å². The van der Waals surface area contributed by atoms with Crippen LogP contribution in [0.5, 0.6) is 0 Å². The van der Waals surface area contributed by atoms with Gasteiger partial charge < -0.3 is 10.0 Å². The van der Waals surface area contributed by atoms with Crippen LogP contribution < -0.4 is 0 Å². The van der Waals surface area contributed by atoms with Gasteiger partial charge in [-0.3, -0.25) is 4.79 Å². The fourth-order valence-electron chi connectivity index (χ4n) is 2.46. The van der Waals surface area contributed by atoms with Gasteiger partial charge in [-0.05, 0) is 37.3 Å². The molecule has 1 N–H and O–H groups in total. The zero-order chi connectivity index (χ0) is 13.8. The molecule has 1 aromatic carbocycles. The molecule has 0 bridgehead atoms. The van der Waals surface area contributed by atoms with Crippen LogP contribution in [0, 0.1) is 5.92 Å². The van der Waals surface area contributed by atoms with Gasteiger partial charge in [0.05, 0.1) is 6.10 Å². The zero-order valence-electron chi connectivity index (χ0n) is 11.5. The van der Waals surface area contributed by atoms with Gasteiger partial charge in [-0.1, -0.05) is 12.1 Å². The largest absolute Gasteiger partial charge is 0.393 e. The van der Waals surface area contributed by atoms with Crippen LogP contribution in [0.15, 0.2) is 24.3 Å². The Morgan fingerprint density at radius 1 is 1.47 bits per heavy atom. The number of benzene rings is 1. The van der Waals surface area contributed by atoms with Crippen LogP contribution in [0.1, 0.15) is 29.3 Å². The van der Waals surface area contributed by atoms with Crippen molar-refractivity contribution < 1.29 is 9.90 Å². The summed E-state index contributed by atoms with van der Waals surface area (Å²) in [5.41, 5.74) is 1.99. The van der Waals surface area contributed by atoms with Crippen LogP contribution in [-0.4, -0.2) is 41.4 Å². The summed E-state index contributed by atoms with van der Waals surface area (Å²) in [6, 6.07) is 7.85. The highest BCUT2D eigenvalue weighted by Gasteiger charge is 2.29. The van der Waals surface area contributed by atoms with E-state index < -0.39 is 0 Å². The summed E-state index contributed by atoms with van der Waals surface area (Å²) in [6.07, 6.45) is 2.63. The molecule has 0 aromatic heterocycles. The molecule has 0 spiro atoms. The number of nitrogens with zero attached hydrogens (tertiary/aromatic N) is 1. The third-order valence-electron chi connectivity index (χ3n) is 3.71. The summed E-state index contributed by atoms with van der Waals surface area (Å²) < 4.78 is 0. The predicted octanol–water partition coefficient (Wildman–Crippen LogP) is 2.39. The van der Waals surface area contributed by atoms with Crippen LogP contribution in [0.4, 0.5) is 0 Å². The van der Waals surface area contributed by atoms with Crippen molar-refractivity contribution >= 4 is 17.7 Å². The molecule has 1 amide bonds. The molecule has 1 saturated heterocycles. The van der Waals surface area contributed by atoms with E-state index in [2.05, 4.69) is 6.26 Å². The van der Waals surface area contributed by atoms with Crippen LogP contribution in [0.25, 0.3) is 0 Å².